The van der Waals surface area contributed by atoms with E-state index in [4.69, 9.17) is 9.26 Å². The highest BCUT2D eigenvalue weighted by atomic mass is 19.1. The third-order valence-electron chi connectivity index (χ3n) is 4.94. The highest BCUT2D eigenvalue weighted by Gasteiger charge is 2.29. The molecule has 1 fully saturated rings. The molecule has 1 atom stereocenters. The molecule has 1 aromatic heterocycles. The molecular formula is C21H20FN3O3. The van der Waals surface area contributed by atoms with Gasteiger partial charge in [0.15, 0.2) is 5.82 Å². The van der Waals surface area contributed by atoms with E-state index in [1.807, 2.05) is 24.3 Å². The molecule has 1 aliphatic rings. The topological polar surface area (TPSA) is 68.5 Å². The van der Waals surface area contributed by atoms with Crippen molar-refractivity contribution >= 4 is 5.91 Å². The summed E-state index contributed by atoms with van der Waals surface area (Å²) >= 11 is 0. The molecule has 4 rings (SSSR count). The predicted molar refractivity (Wildman–Crippen MR) is 101 cm³/mol. The van der Waals surface area contributed by atoms with Gasteiger partial charge in [-0.15, -0.1) is 0 Å². The van der Waals surface area contributed by atoms with E-state index >= 15 is 0 Å². The third-order valence-corrected chi connectivity index (χ3v) is 4.94. The number of nitrogens with zero attached hydrogens (tertiary/aromatic N) is 3. The predicted octanol–water partition coefficient (Wildman–Crippen LogP) is 3.90. The molecule has 0 bridgehead atoms. The van der Waals surface area contributed by atoms with Crippen LogP contribution in [0.5, 0.6) is 5.75 Å². The van der Waals surface area contributed by atoms with Crippen molar-refractivity contribution in [3.63, 3.8) is 0 Å². The van der Waals surface area contributed by atoms with Crippen molar-refractivity contribution in [1.29, 1.82) is 0 Å². The molecule has 2 aromatic carbocycles. The zero-order valence-corrected chi connectivity index (χ0v) is 15.5. The normalized spacial score (nSPS) is 16.8. The fourth-order valence-electron chi connectivity index (χ4n) is 3.45. The molecule has 0 radical (unpaired) electrons. The Kier molecular flexibility index (Phi) is 5.06. The first-order chi connectivity index (χ1) is 13.7. The van der Waals surface area contributed by atoms with Crippen LogP contribution in [0.4, 0.5) is 4.39 Å². The molecule has 144 valence electrons. The molecule has 7 heteroatoms. The van der Waals surface area contributed by atoms with Gasteiger partial charge in [0.05, 0.1) is 12.7 Å². The summed E-state index contributed by atoms with van der Waals surface area (Å²) in [6, 6.07) is 13.4. The summed E-state index contributed by atoms with van der Waals surface area (Å²) in [7, 11) is 1.60. The standard InChI is InChI=1S/C21H20FN3O3/c1-27-16-8-4-6-14(12-16)20-23-19(24-28-20)15-7-5-11-25(13-15)21(26)17-9-2-3-10-18(17)22/h2-4,6,8-10,12,15H,5,7,11,13H2,1H3/t15-/m0/s1. The van der Waals surface area contributed by atoms with E-state index in [-0.39, 0.29) is 17.4 Å². The van der Waals surface area contributed by atoms with Gasteiger partial charge in [0.25, 0.3) is 11.8 Å². The quantitative estimate of drug-likeness (QED) is 0.686. The average Bonchev–Trinajstić information content (AvgIpc) is 3.24. The Morgan fingerprint density at radius 2 is 2.11 bits per heavy atom. The Labute approximate surface area is 161 Å². The maximum atomic E-state index is 14.0. The summed E-state index contributed by atoms with van der Waals surface area (Å²) in [5.41, 5.74) is 0.863. The highest BCUT2D eigenvalue weighted by Crippen LogP contribution is 2.29. The van der Waals surface area contributed by atoms with E-state index in [0.717, 1.165) is 18.4 Å². The minimum atomic E-state index is -0.505. The summed E-state index contributed by atoms with van der Waals surface area (Å²) in [6.07, 6.45) is 1.64. The van der Waals surface area contributed by atoms with Crippen LogP contribution in [-0.2, 0) is 0 Å². The Balaban J connectivity index is 1.51. The second-order valence-electron chi connectivity index (χ2n) is 6.76. The zero-order valence-electron chi connectivity index (χ0n) is 15.5. The van der Waals surface area contributed by atoms with Gasteiger partial charge in [-0.3, -0.25) is 4.79 Å². The minimum absolute atomic E-state index is 0.0485. The van der Waals surface area contributed by atoms with E-state index in [9.17, 15) is 9.18 Å². The number of likely N-dealkylation sites (tertiary alicyclic amines) is 1. The van der Waals surface area contributed by atoms with Gasteiger partial charge in [-0.1, -0.05) is 23.4 Å². The number of methoxy groups -OCH3 is 1. The Bertz CT molecular complexity index is 988. The van der Waals surface area contributed by atoms with Gasteiger partial charge < -0.3 is 14.2 Å². The zero-order chi connectivity index (χ0) is 19.5. The monoisotopic (exact) mass is 381 g/mol. The van der Waals surface area contributed by atoms with E-state index in [2.05, 4.69) is 10.1 Å². The molecule has 28 heavy (non-hydrogen) atoms. The van der Waals surface area contributed by atoms with E-state index in [0.29, 0.717) is 30.6 Å². The number of rotatable bonds is 4. The minimum Gasteiger partial charge on any atom is -0.497 e. The van der Waals surface area contributed by atoms with Crippen molar-refractivity contribution in [2.24, 2.45) is 0 Å². The Hall–Kier alpha value is -3.22. The van der Waals surface area contributed by atoms with Crippen LogP contribution in [0.2, 0.25) is 0 Å². The fourth-order valence-corrected chi connectivity index (χ4v) is 3.45. The molecular weight excluding hydrogens is 361 g/mol. The van der Waals surface area contributed by atoms with Gasteiger partial charge in [0.1, 0.15) is 11.6 Å². The van der Waals surface area contributed by atoms with Crippen molar-refractivity contribution in [3.05, 3.63) is 65.7 Å². The van der Waals surface area contributed by atoms with Gasteiger partial charge in [-0.25, -0.2) is 4.39 Å². The van der Waals surface area contributed by atoms with Gasteiger partial charge in [0.2, 0.25) is 0 Å². The van der Waals surface area contributed by atoms with Gasteiger partial charge in [-0.05, 0) is 43.2 Å². The second-order valence-corrected chi connectivity index (χ2v) is 6.76. The van der Waals surface area contributed by atoms with Crippen LogP contribution < -0.4 is 4.74 Å². The molecule has 6 nitrogen and oxygen atoms in total. The molecule has 1 aliphatic heterocycles. The van der Waals surface area contributed by atoms with Crippen LogP contribution in [0.1, 0.15) is 34.9 Å². The number of hydrogen-bond acceptors (Lipinski definition) is 5. The summed E-state index contributed by atoms with van der Waals surface area (Å²) in [6.45, 7) is 1.02. The number of benzene rings is 2. The number of ether oxygens (including phenoxy) is 1. The van der Waals surface area contributed by atoms with Gasteiger partial charge >= 0.3 is 0 Å². The fraction of sp³-hybridized carbons (Fsp3) is 0.286. The van der Waals surface area contributed by atoms with Crippen molar-refractivity contribution in [2.75, 3.05) is 20.2 Å². The third kappa shape index (κ3) is 3.60. The Morgan fingerprint density at radius 1 is 1.25 bits per heavy atom. The first kappa shape index (κ1) is 18.2. The van der Waals surface area contributed by atoms with E-state index < -0.39 is 5.82 Å². The maximum absolute atomic E-state index is 14.0. The van der Waals surface area contributed by atoms with Gasteiger partial charge in [-0.2, -0.15) is 4.98 Å². The van der Waals surface area contributed by atoms with Crippen LogP contribution in [-0.4, -0.2) is 41.1 Å². The lowest BCUT2D eigenvalue weighted by Gasteiger charge is -2.31. The molecule has 0 saturated carbocycles. The molecule has 1 saturated heterocycles. The number of carbonyl (C=O) groups is 1. The lowest BCUT2D eigenvalue weighted by molar-refractivity contribution is 0.0699. The molecule has 0 aliphatic carbocycles. The molecule has 2 heterocycles. The summed E-state index contributed by atoms with van der Waals surface area (Å²) < 4.78 is 24.6. The SMILES string of the molecule is COc1cccc(-c2nc([C@H]3CCCN(C(=O)c4ccccc4F)C3)no2)c1. The first-order valence-electron chi connectivity index (χ1n) is 9.17. The number of amides is 1. The van der Waals surface area contributed by atoms with Crippen LogP contribution in [0, 0.1) is 5.82 Å². The molecule has 0 unspecified atom stereocenters. The van der Waals surface area contributed by atoms with Gasteiger partial charge in [0, 0.05) is 24.6 Å². The van der Waals surface area contributed by atoms with Crippen molar-refractivity contribution in [2.45, 2.75) is 18.8 Å². The summed E-state index contributed by atoms with van der Waals surface area (Å²) in [5, 5.41) is 4.12. The number of halogens is 1. The number of aromatic nitrogens is 2. The van der Waals surface area contributed by atoms with Crippen molar-refractivity contribution in [1.82, 2.24) is 15.0 Å². The maximum Gasteiger partial charge on any atom is 0.258 e. The van der Waals surface area contributed by atoms with Crippen molar-refractivity contribution in [3.8, 4) is 17.2 Å². The second kappa shape index (κ2) is 7.80. The smallest absolute Gasteiger partial charge is 0.258 e. The molecule has 0 N–H and O–H groups in total. The summed E-state index contributed by atoms with van der Waals surface area (Å²) in [5.74, 6) is 0.813. The lowest BCUT2D eigenvalue weighted by atomic mass is 9.96. The Morgan fingerprint density at radius 3 is 2.93 bits per heavy atom. The van der Waals surface area contributed by atoms with E-state index in [1.54, 1.807) is 24.1 Å². The van der Waals surface area contributed by atoms with Crippen LogP contribution >= 0.6 is 0 Å². The molecule has 0 spiro atoms. The molecule has 3 aromatic rings. The summed E-state index contributed by atoms with van der Waals surface area (Å²) in [4.78, 5) is 18.9. The first-order valence-corrected chi connectivity index (χ1v) is 9.17. The van der Waals surface area contributed by atoms with Crippen LogP contribution in [0.3, 0.4) is 0 Å². The highest BCUT2D eigenvalue weighted by molar-refractivity contribution is 5.94. The number of hydrogen-bond donors (Lipinski definition) is 0. The van der Waals surface area contributed by atoms with Crippen molar-refractivity contribution < 1.29 is 18.4 Å². The lowest BCUT2D eigenvalue weighted by Crippen LogP contribution is -2.39. The van der Waals surface area contributed by atoms with Crippen LogP contribution in [0.25, 0.3) is 11.5 Å². The molecule has 1 amide bonds. The van der Waals surface area contributed by atoms with Crippen LogP contribution in [0.15, 0.2) is 53.1 Å². The number of carbonyl (C=O) groups excluding carboxylic acids is 1. The average molecular weight is 381 g/mol. The largest absolute Gasteiger partial charge is 0.497 e. The number of piperidine rings is 1. The van der Waals surface area contributed by atoms with E-state index in [1.165, 1.54) is 12.1 Å².